The number of unbranched alkanes of at least 4 members (excludes halogenated alkanes) is 9. The van der Waals surface area contributed by atoms with E-state index < -0.39 is 15.9 Å². The number of hydrogen-bond acceptors (Lipinski definition) is 8. The van der Waals surface area contributed by atoms with Crippen LogP contribution in [0.4, 0.5) is 9.93 Å². The van der Waals surface area contributed by atoms with Crippen molar-refractivity contribution >= 4 is 38.6 Å². The van der Waals surface area contributed by atoms with Crippen molar-refractivity contribution < 1.29 is 18.0 Å². The molecule has 35 heavy (non-hydrogen) atoms. The van der Waals surface area contributed by atoms with Gasteiger partial charge in [0.2, 0.25) is 15.2 Å². The number of nitrogens with one attached hydrogen (secondary N) is 4. The van der Waals surface area contributed by atoms with E-state index in [4.69, 9.17) is 0 Å². The van der Waals surface area contributed by atoms with Gasteiger partial charge in [0.15, 0.2) is 5.82 Å². The number of anilines is 1. The normalized spacial score (nSPS) is 11.1. The highest BCUT2D eigenvalue weighted by atomic mass is 32.2. The summed E-state index contributed by atoms with van der Waals surface area (Å²) < 4.78 is 28.7. The summed E-state index contributed by atoms with van der Waals surface area (Å²) in [6.07, 6.45) is 13.3. The molecule has 1 aromatic heterocycles. The second-order valence-electron chi connectivity index (χ2n) is 8.40. The van der Waals surface area contributed by atoms with Crippen molar-refractivity contribution in [2.75, 3.05) is 18.2 Å². The highest BCUT2D eigenvalue weighted by Gasteiger charge is 2.14. The molecule has 0 atom stereocenters. The molecule has 3 amide bonds. The molecule has 4 N–H and O–H groups in total. The lowest BCUT2D eigenvalue weighted by Gasteiger charge is -2.07. The number of aromatic nitrogens is 2. The van der Waals surface area contributed by atoms with E-state index in [-0.39, 0.29) is 11.6 Å². The third kappa shape index (κ3) is 12.0. The average Bonchev–Trinajstić information content (AvgIpc) is 3.29. The van der Waals surface area contributed by atoms with Crippen molar-refractivity contribution in [3.63, 3.8) is 0 Å². The van der Waals surface area contributed by atoms with Gasteiger partial charge in [-0.05, 0) is 18.6 Å². The SMILES string of the molecule is CCCCCCCCCCCCNC(=O)NNc1nc(-c2cccc(C(=O)NS(C)(=O)=O)c2)ns1. The second-order valence-corrected chi connectivity index (χ2v) is 10.9. The number of urea groups is 1. The van der Waals surface area contributed by atoms with Crippen molar-refractivity contribution in [3.8, 4) is 11.4 Å². The number of benzene rings is 1. The zero-order valence-corrected chi connectivity index (χ0v) is 22.1. The maximum Gasteiger partial charge on any atom is 0.333 e. The molecule has 0 bridgehead atoms. The van der Waals surface area contributed by atoms with Crippen molar-refractivity contribution in [2.45, 2.75) is 71.1 Å². The summed E-state index contributed by atoms with van der Waals surface area (Å²) in [7, 11) is -3.66. The minimum absolute atomic E-state index is 0.168. The summed E-state index contributed by atoms with van der Waals surface area (Å²) in [5.74, 6) is -0.386. The maximum atomic E-state index is 12.0. The molecule has 0 fully saturated rings. The van der Waals surface area contributed by atoms with Gasteiger partial charge in [0.05, 0.1) is 6.26 Å². The predicted octanol–water partition coefficient (Wildman–Crippen LogP) is 4.44. The van der Waals surface area contributed by atoms with Gasteiger partial charge < -0.3 is 5.32 Å². The van der Waals surface area contributed by atoms with Crippen LogP contribution in [0.1, 0.15) is 81.5 Å². The molecule has 0 saturated heterocycles. The lowest BCUT2D eigenvalue weighted by molar-refractivity contribution is 0.0981. The Labute approximate surface area is 211 Å². The van der Waals surface area contributed by atoms with Gasteiger partial charge in [-0.2, -0.15) is 9.36 Å². The summed E-state index contributed by atoms with van der Waals surface area (Å²) in [5.41, 5.74) is 5.96. The molecule has 0 aliphatic rings. The van der Waals surface area contributed by atoms with E-state index in [0.717, 1.165) is 30.6 Å². The van der Waals surface area contributed by atoms with Gasteiger partial charge >= 0.3 is 6.03 Å². The number of hydrazine groups is 1. The first kappa shape index (κ1) is 28.5. The minimum Gasteiger partial charge on any atom is -0.337 e. The molecule has 2 rings (SSSR count). The molecule has 1 heterocycles. The molecule has 0 unspecified atom stereocenters. The van der Waals surface area contributed by atoms with E-state index in [9.17, 15) is 18.0 Å². The molecular formula is C23H36N6O4S2. The summed E-state index contributed by atoms with van der Waals surface area (Å²) in [5, 5.41) is 3.18. The van der Waals surface area contributed by atoms with Crippen molar-refractivity contribution in [3.05, 3.63) is 29.8 Å². The van der Waals surface area contributed by atoms with Crippen LogP contribution in [0.2, 0.25) is 0 Å². The molecule has 0 aliphatic heterocycles. The monoisotopic (exact) mass is 524 g/mol. The van der Waals surface area contributed by atoms with Crippen LogP contribution < -0.4 is 20.9 Å². The molecule has 10 nitrogen and oxygen atoms in total. The molecular weight excluding hydrogens is 488 g/mol. The maximum absolute atomic E-state index is 12.0. The molecule has 194 valence electrons. The lowest BCUT2D eigenvalue weighted by atomic mass is 10.1. The molecule has 12 heteroatoms. The first-order valence-corrected chi connectivity index (χ1v) is 14.7. The Balaban J connectivity index is 1.65. The number of nitrogens with zero attached hydrogens (tertiary/aromatic N) is 2. The van der Waals surface area contributed by atoms with Crippen LogP contribution >= 0.6 is 11.5 Å². The summed E-state index contributed by atoms with van der Waals surface area (Å²) in [6, 6.07) is 5.96. The average molecular weight is 525 g/mol. The number of sulfonamides is 1. The number of rotatable bonds is 16. The standard InChI is InChI=1S/C23H36N6O4S2/c1-3-4-5-6-7-8-9-10-11-12-16-24-22(31)26-27-23-25-20(28-34-23)18-14-13-15-19(17-18)21(30)29-35(2,32)33/h13-15,17H,3-12,16H2,1-2H3,(H,29,30)(H2,24,26,31)(H,25,27,28). The fraction of sp³-hybridized carbons (Fsp3) is 0.565. The van der Waals surface area contributed by atoms with Crippen LogP contribution in [0.3, 0.4) is 0 Å². The second kappa shape index (κ2) is 15.3. The topological polar surface area (TPSA) is 142 Å². The quantitative estimate of drug-likeness (QED) is 0.188. The third-order valence-electron chi connectivity index (χ3n) is 5.19. The van der Waals surface area contributed by atoms with Crippen LogP contribution in [0.25, 0.3) is 11.4 Å². The van der Waals surface area contributed by atoms with Crippen molar-refractivity contribution in [2.24, 2.45) is 0 Å². The van der Waals surface area contributed by atoms with Gasteiger partial charge in [0.1, 0.15) is 0 Å². The van der Waals surface area contributed by atoms with Crippen LogP contribution in [0, 0.1) is 0 Å². The van der Waals surface area contributed by atoms with Gasteiger partial charge in [0, 0.05) is 29.2 Å². The van der Waals surface area contributed by atoms with Gasteiger partial charge in [0.25, 0.3) is 5.91 Å². The Bertz CT molecular complexity index is 1040. The van der Waals surface area contributed by atoms with Crippen LogP contribution in [-0.4, -0.2) is 42.5 Å². The zero-order chi connectivity index (χ0) is 25.5. The Morgan fingerprint density at radius 1 is 0.971 bits per heavy atom. The fourth-order valence-corrected chi connectivity index (χ4v) is 4.38. The highest BCUT2D eigenvalue weighted by molar-refractivity contribution is 7.89. The number of carbonyl (C=O) groups is 2. The lowest BCUT2D eigenvalue weighted by Crippen LogP contribution is -2.39. The first-order valence-electron chi connectivity index (χ1n) is 12.0. The van der Waals surface area contributed by atoms with E-state index in [1.54, 1.807) is 12.1 Å². The van der Waals surface area contributed by atoms with Crippen molar-refractivity contribution in [1.29, 1.82) is 0 Å². The molecule has 0 radical (unpaired) electrons. The zero-order valence-electron chi connectivity index (χ0n) is 20.4. The van der Waals surface area contributed by atoms with Crippen LogP contribution in [0.5, 0.6) is 0 Å². The molecule has 0 aliphatic carbocycles. The van der Waals surface area contributed by atoms with Gasteiger partial charge in [-0.25, -0.2) is 23.4 Å². The molecule has 1 aromatic carbocycles. The van der Waals surface area contributed by atoms with Crippen molar-refractivity contribution in [1.82, 2.24) is 24.8 Å². The van der Waals surface area contributed by atoms with Gasteiger partial charge in [-0.1, -0.05) is 76.8 Å². The number of carbonyl (C=O) groups excluding carboxylic acids is 2. The van der Waals surface area contributed by atoms with E-state index in [1.165, 1.54) is 63.5 Å². The fourth-order valence-electron chi connectivity index (χ4n) is 3.39. The smallest absolute Gasteiger partial charge is 0.333 e. The van der Waals surface area contributed by atoms with E-state index in [2.05, 4.69) is 32.4 Å². The van der Waals surface area contributed by atoms with Crippen LogP contribution in [0.15, 0.2) is 24.3 Å². The first-order chi connectivity index (χ1) is 16.8. The predicted molar refractivity (Wildman–Crippen MR) is 140 cm³/mol. The largest absolute Gasteiger partial charge is 0.337 e. The Hall–Kier alpha value is -2.73. The van der Waals surface area contributed by atoms with E-state index in [1.807, 2.05) is 4.72 Å². The van der Waals surface area contributed by atoms with E-state index >= 15 is 0 Å². The minimum atomic E-state index is -3.66. The number of amides is 3. The molecule has 2 aromatic rings. The number of hydrogen-bond donors (Lipinski definition) is 4. The third-order valence-corrected chi connectivity index (χ3v) is 6.37. The Morgan fingerprint density at radius 2 is 1.63 bits per heavy atom. The van der Waals surface area contributed by atoms with E-state index in [0.29, 0.717) is 23.1 Å². The highest BCUT2D eigenvalue weighted by Crippen LogP contribution is 2.21. The summed E-state index contributed by atoms with van der Waals surface area (Å²) in [6.45, 7) is 2.84. The van der Waals surface area contributed by atoms with Gasteiger partial charge in [-0.15, -0.1) is 0 Å². The Kier molecular flexibility index (Phi) is 12.5. The molecule has 0 saturated carbocycles. The summed E-state index contributed by atoms with van der Waals surface area (Å²) >= 11 is 1.04. The van der Waals surface area contributed by atoms with Crippen LogP contribution in [-0.2, 0) is 10.0 Å². The summed E-state index contributed by atoms with van der Waals surface area (Å²) in [4.78, 5) is 28.3. The Morgan fingerprint density at radius 3 is 2.29 bits per heavy atom. The van der Waals surface area contributed by atoms with Gasteiger partial charge in [-0.3, -0.25) is 10.2 Å². The molecule has 0 spiro atoms.